The first-order valence-corrected chi connectivity index (χ1v) is 10.4. The molecule has 1 fully saturated rings. The average Bonchev–Trinajstić information content (AvgIpc) is 3.24. The number of aromatic nitrogens is 2. The third kappa shape index (κ3) is 3.44. The molecule has 1 aliphatic rings. The smallest absolute Gasteiger partial charge is 0.257 e. The Bertz CT molecular complexity index is 1060. The second-order valence-corrected chi connectivity index (χ2v) is 8.47. The molecular formula is C20H20N4O3S. The van der Waals surface area contributed by atoms with Gasteiger partial charge >= 0.3 is 0 Å². The molecule has 1 aliphatic heterocycles. The fraction of sp³-hybridized carbons (Fsp3) is 0.200. The lowest BCUT2D eigenvalue weighted by Crippen LogP contribution is -2.50. The molecule has 3 aromatic rings. The third-order valence-electron chi connectivity index (χ3n) is 4.84. The molecule has 144 valence electrons. The van der Waals surface area contributed by atoms with Gasteiger partial charge in [-0.05, 0) is 12.1 Å². The van der Waals surface area contributed by atoms with Crippen LogP contribution in [0, 0.1) is 0 Å². The summed E-state index contributed by atoms with van der Waals surface area (Å²) >= 11 is 0. The van der Waals surface area contributed by atoms with Crippen molar-refractivity contribution in [1.29, 1.82) is 0 Å². The SMILES string of the molecule is O=C(c1cn[nH]c1-c1ccccc1)N1CCN(S(=O)(=O)c2ccccc2)CC1. The predicted molar refractivity (Wildman–Crippen MR) is 105 cm³/mol. The standard InChI is InChI=1S/C20H20N4O3S/c25-20(18-15-21-22-19(18)16-7-3-1-4-8-16)23-11-13-24(14-12-23)28(26,27)17-9-5-2-6-10-17/h1-10,15H,11-14H2,(H,21,22). The van der Waals surface area contributed by atoms with E-state index < -0.39 is 10.0 Å². The summed E-state index contributed by atoms with van der Waals surface area (Å²) in [6.45, 7) is 1.21. The number of sulfonamides is 1. The third-order valence-corrected chi connectivity index (χ3v) is 6.75. The van der Waals surface area contributed by atoms with Gasteiger partial charge in [0.1, 0.15) is 0 Å². The number of piperazine rings is 1. The van der Waals surface area contributed by atoms with Crippen LogP contribution in [-0.4, -0.2) is 59.9 Å². The zero-order valence-corrected chi connectivity index (χ0v) is 16.0. The molecule has 0 unspecified atom stereocenters. The summed E-state index contributed by atoms with van der Waals surface area (Å²) < 4.78 is 26.9. The summed E-state index contributed by atoms with van der Waals surface area (Å²) in [6, 6.07) is 17.9. The first-order valence-electron chi connectivity index (χ1n) is 9.00. The van der Waals surface area contributed by atoms with Crippen molar-refractivity contribution >= 4 is 15.9 Å². The van der Waals surface area contributed by atoms with Gasteiger partial charge in [-0.25, -0.2) is 8.42 Å². The number of hydrogen-bond donors (Lipinski definition) is 1. The van der Waals surface area contributed by atoms with Gasteiger partial charge in [0.2, 0.25) is 10.0 Å². The molecule has 2 aromatic carbocycles. The van der Waals surface area contributed by atoms with Gasteiger partial charge in [0.15, 0.2) is 0 Å². The lowest BCUT2D eigenvalue weighted by molar-refractivity contribution is 0.0698. The molecule has 0 atom stereocenters. The minimum atomic E-state index is -3.54. The molecule has 0 aliphatic carbocycles. The summed E-state index contributed by atoms with van der Waals surface area (Å²) in [5.74, 6) is -0.149. The monoisotopic (exact) mass is 396 g/mol. The first-order chi connectivity index (χ1) is 13.6. The second kappa shape index (κ2) is 7.57. The predicted octanol–water partition coefficient (Wildman–Crippen LogP) is 2.22. The fourth-order valence-electron chi connectivity index (χ4n) is 3.32. The van der Waals surface area contributed by atoms with E-state index in [2.05, 4.69) is 10.2 Å². The molecule has 0 spiro atoms. The molecule has 0 saturated carbocycles. The van der Waals surface area contributed by atoms with Gasteiger partial charge in [-0.15, -0.1) is 0 Å². The van der Waals surface area contributed by atoms with E-state index in [0.717, 1.165) is 5.56 Å². The summed E-state index contributed by atoms with van der Waals surface area (Å²) in [6.07, 6.45) is 1.53. The molecule has 7 nitrogen and oxygen atoms in total. The number of amides is 1. The molecule has 1 N–H and O–H groups in total. The summed E-state index contributed by atoms with van der Waals surface area (Å²) in [4.78, 5) is 14.9. The molecule has 1 saturated heterocycles. The van der Waals surface area contributed by atoms with E-state index in [1.54, 1.807) is 35.2 Å². The highest BCUT2D eigenvalue weighted by Crippen LogP contribution is 2.23. The summed E-state index contributed by atoms with van der Waals surface area (Å²) in [7, 11) is -3.54. The van der Waals surface area contributed by atoms with Crippen molar-refractivity contribution in [1.82, 2.24) is 19.4 Å². The van der Waals surface area contributed by atoms with Crippen molar-refractivity contribution in [3.8, 4) is 11.3 Å². The first kappa shape index (κ1) is 18.4. The Kier molecular flexibility index (Phi) is 4.97. The quantitative estimate of drug-likeness (QED) is 0.733. The van der Waals surface area contributed by atoms with Crippen LogP contribution in [0.3, 0.4) is 0 Å². The Morgan fingerprint density at radius 2 is 1.50 bits per heavy atom. The van der Waals surface area contributed by atoms with Gasteiger partial charge in [0.05, 0.1) is 22.3 Å². The van der Waals surface area contributed by atoms with Crippen molar-refractivity contribution < 1.29 is 13.2 Å². The molecule has 1 aromatic heterocycles. The fourth-order valence-corrected chi connectivity index (χ4v) is 4.76. The van der Waals surface area contributed by atoms with Gasteiger partial charge in [0, 0.05) is 31.7 Å². The van der Waals surface area contributed by atoms with Gasteiger partial charge in [-0.3, -0.25) is 9.89 Å². The summed E-state index contributed by atoms with van der Waals surface area (Å²) in [5, 5.41) is 6.92. The molecular weight excluding hydrogens is 376 g/mol. The zero-order chi connectivity index (χ0) is 19.6. The van der Waals surface area contributed by atoms with Crippen LogP contribution in [0.25, 0.3) is 11.3 Å². The van der Waals surface area contributed by atoms with Crippen LogP contribution in [0.2, 0.25) is 0 Å². The number of nitrogens with one attached hydrogen (secondary N) is 1. The number of benzene rings is 2. The maximum Gasteiger partial charge on any atom is 0.257 e. The lowest BCUT2D eigenvalue weighted by Gasteiger charge is -2.34. The topological polar surface area (TPSA) is 86.4 Å². The number of carbonyl (C=O) groups excluding carboxylic acids is 1. The van der Waals surface area contributed by atoms with Crippen LogP contribution in [0.15, 0.2) is 71.8 Å². The normalized spacial score (nSPS) is 15.5. The van der Waals surface area contributed by atoms with E-state index in [1.807, 2.05) is 30.3 Å². The van der Waals surface area contributed by atoms with E-state index in [-0.39, 0.29) is 23.9 Å². The molecule has 28 heavy (non-hydrogen) atoms. The van der Waals surface area contributed by atoms with E-state index in [0.29, 0.717) is 24.3 Å². The Labute approximate surface area is 163 Å². The molecule has 0 bridgehead atoms. The zero-order valence-electron chi connectivity index (χ0n) is 15.2. The molecule has 0 radical (unpaired) electrons. The van der Waals surface area contributed by atoms with Crippen LogP contribution in [0.1, 0.15) is 10.4 Å². The lowest BCUT2D eigenvalue weighted by atomic mass is 10.1. The average molecular weight is 396 g/mol. The minimum absolute atomic E-state index is 0.149. The van der Waals surface area contributed by atoms with Crippen molar-refractivity contribution in [3.05, 3.63) is 72.4 Å². The number of hydrogen-bond acceptors (Lipinski definition) is 4. The van der Waals surface area contributed by atoms with Crippen LogP contribution in [0.4, 0.5) is 0 Å². The number of nitrogens with zero attached hydrogens (tertiary/aromatic N) is 3. The van der Waals surface area contributed by atoms with E-state index in [1.165, 1.54) is 10.5 Å². The van der Waals surface area contributed by atoms with Crippen LogP contribution in [-0.2, 0) is 10.0 Å². The Hall–Kier alpha value is -2.97. The van der Waals surface area contributed by atoms with E-state index >= 15 is 0 Å². The largest absolute Gasteiger partial charge is 0.336 e. The van der Waals surface area contributed by atoms with Crippen molar-refractivity contribution in [2.24, 2.45) is 0 Å². The van der Waals surface area contributed by atoms with Crippen molar-refractivity contribution in [3.63, 3.8) is 0 Å². The van der Waals surface area contributed by atoms with Crippen LogP contribution >= 0.6 is 0 Å². The van der Waals surface area contributed by atoms with Gasteiger partial charge < -0.3 is 4.90 Å². The highest BCUT2D eigenvalue weighted by atomic mass is 32.2. The Morgan fingerprint density at radius 1 is 0.893 bits per heavy atom. The number of H-pyrrole nitrogens is 1. The van der Waals surface area contributed by atoms with Crippen LogP contribution in [0.5, 0.6) is 0 Å². The van der Waals surface area contributed by atoms with Crippen molar-refractivity contribution in [2.75, 3.05) is 26.2 Å². The minimum Gasteiger partial charge on any atom is -0.336 e. The van der Waals surface area contributed by atoms with Gasteiger partial charge in [0.25, 0.3) is 5.91 Å². The highest BCUT2D eigenvalue weighted by Gasteiger charge is 2.31. The van der Waals surface area contributed by atoms with Gasteiger partial charge in [-0.1, -0.05) is 48.5 Å². The maximum atomic E-state index is 13.0. The van der Waals surface area contributed by atoms with Gasteiger partial charge in [-0.2, -0.15) is 9.40 Å². The number of rotatable bonds is 4. The highest BCUT2D eigenvalue weighted by molar-refractivity contribution is 7.89. The van der Waals surface area contributed by atoms with Crippen molar-refractivity contribution in [2.45, 2.75) is 4.90 Å². The second-order valence-electron chi connectivity index (χ2n) is 6.53. The summed E-state index contributed by atoms with van der Waals surface area (Å²) in [5.41, 5.74) is 2.05. The number of carbonyl (C=O) groups is 1. The van der Waals surface area contributed by atoms with E-state index in [9.17, 15) is 13.2 Å². The van der Waals surface area contributed by atoms with Crippen LogP contribution < -0.4 is 0 Å². The van der Waals surface area contributed by atoms with E-state index in [4.69, 9.17) is 0 Å². The molecule has 8 heteroatoms. The molecule has 1 amide bonds. The Morgan fingerprint density at radius 3 is 2.14 bits per heavy atom. The molecule has 2 heterocycles. The Balaban J connectivity index is 1.48. The number of aromatic amines is 1. The maximum absolute atomic E-state index is 13.0. The molecule has 4 rings (SSSR count).